The third-order valence-corrected chi connectivity index (χ3v) is 4.32. The number of ether oxygens (including phenoxy) is 3. The lowest BCUT2D eigenvalue weighted by atomic mass is 9.95. The molecule has 0 unspecified atom stereocenters. The van der Waals surface area contributed by atoms with Gasteiger partial charge in [0.05, 0.1) is 33.7 Å². The zero-order chi connectivity index (χ0) is 23.6. The number of amides is 2. The van der Waals surface area contributed by atoms with Crippen LogP contribution in [0.4, 0.5) is 4.39 Å². The van der Waals surface area contributed by atoms with Crippen molar-refractivity contribution >= 4 is 29.7 Å². The molecule has 2 N–H and O–H groups in total. The topological polar surface area (TPSA) is 137 Å². The van der Waals surface area contributed by atoms with E-state index in [0.717, 1.165) is 21.3 Å². The fourth-order valence-electron chi connectivity index (χ4n) is 2.77. The summed E-state index contributed by atoms with van der Waals surface area (Å²) in [6.07, 6.45) is -0.592. The number of hydrogen-bond acceptors (Lipinski definition) is 8. The SMILES string of the molecule is COC(=O)C[C@H](C(=O)OC)[C@H](NC(=O)[C@H](Cc1ccc(F)cc1)NC(C)=O)C(=O)OC. The summed E-state index contributed by atoms with van der Waals surface area (Å²) in [4.78, 5) is 60.6. The monoisotopic (exact) mass is 440 g/mol. The van der Waals surface area contributed by atoms with E-state index in [9.17, 15) is 28.4 Å². The van der Waals surface area contributed by atoms with Crippen LogP contribution in [-0.2, 0) is 44.6 Å². The Morgan fingerprint density at radius 2 is 1.48 bits per heavy atom. The predicted molar refractivity (Wildman–Crippen MR) is 104 cm³/mol. The van der Waals surface area contributed by atoms with Crippen molar-refractivity contribution in [2.75, 3.05) is 21.3 Å². The summed E-state index contributed by atoms with van der Waals surface area (Å²) in [5, 5.41) is 4.77. The number of esters is 3. The molecule has 11 heteroatoms. The third kappa shape index (κ3) is 8.03. The fraction of sp³-hybridized carbons (Fsp3) is 0.450. The van der Waals surface area contributed by atoms with E-state index in [0.29, 0.717) is 5.56 Å². The summed E-state index contributed by atoms with van der Waals surface area (Å²) < 4.78 is 27.0. The van der Waals surface area contributed by atoms with Gasteiger partial charge in [0.25, 0.3) is 0 Å². The van der Waals surface area contributed by atoms with E-state index in [1.165, 1.54) is 31.2 Å². The first-order valence-corrected chi connectivity index (χ1v) is 9.17. The van der Waals surface area contributed by atoms with E-state index < -0.39 is 60.0 Å². The van der Waals surface area contributed by atoms with Crippen LogP contribution in [0.25, 0.3) is 0 Å². The van der Waals surface area contributed by atoms with Crippen molar-refractivity contribution in [1.29, 1.82) is 0 Å². The van der Waals surface area contributed by atoms with E-state index in [1.54, 1.807) is 0 Å². The van der Waals surface area contributed by atoms with Crippen molar-refractivity contribution < 1.29 is 42.6 Å². The molecule has 10 nitrogen and oxygen atoms in total. The molecule has 0 radical (unpaired) electrons. The van der Waals surface area contributed by atoms with E-state index >= 15 is 0 Å². The maximum absolute atomic E-state index is 13.1. The maximum atomic E-state index is 13.1. The van der Waals surface area contributed by atoms with E-state index in [1.807, 2.05) is 0 Å². The average molecular weight is 440 g/mol. The van der Waals surface area contributed by atoms with Gasteiger partial charge in [-0.1, -0.05) is 12.1 Å². The quantitative estimate of drug-likeness (QED) is 0.380. The molecule has 0 spiro atoms. The molecule has 31 heavy (non-hydrogen) atoms. The number of nitrogens with one attached hydrogen (secondary N) is 2. The van der Waals surface area contributed by atoms with Crippen LogP contribution in [-0.4, -0.2) is 63.1 Å². The molecule has 1 aromatic rings. The minimum Gasteiger partial charge on any atom is -0.469 e. The van der Waals surface area contributed by atoms with Gasteiger partial charge in [-0.05, 0) is 17.7 Å². The van der Waals surface area contributed by atoms with Crippen LogP contribution < -0.4 is 10.6 Å². The Morgan fingerprint density at radius 3 is 1.97 bits per heavy atom. The van der Waals surface area contributed by atoms with Crippen LogP contribution >= 0.6 is 0 Å². The Labute approximate surface area is 178 Å². The first-order valence-electron chi connectivity index (χ1n) is 9.17. The van der Waals surface area contributed by atoms with Gasteiger partial charge in [-0.25, -0.2) is 9.18 Å². The van der Waals surface area contributed by atoms with Gasteiger partial charge in [-0.15, -0.1) is 0 Å². The van der Waals surface area contributed by atoms with Crippen LogP contribution in [0, 0.1) is 11.7 Å². The summed E-state index contributed by atoms with van der Waals surface area (Å²) in [6.45, 7) is 1.19. The first kappa shape index (κ1) is 25.5. The number of carbonyl (C=O) groups excluding carboxylic acids is 5. The number of methoxy groups -OCH3 is 3. The Balaban J connectivity index is 3.17. The van der Waals surface area contributed by atoms with Gasteiger partial charge in [0.1, 0.15) is 17.9 Å². The molecule has 0 aliphatic heterocycles. The molecule has 3 atom stereocenters. The lowest BCUT2D eigenvalue weighted by Gasteiger charge is -2.26. The second kappa shape index (κ2) is 12.3. The van der Waals surface area contributed by atoms with Gasteiger partial charge < -0.3 is 24.8 Å². The van der Waals surface area contributed by atoms with E-state index in [4.69, 9.17) is 0 Å². The highest BCUT2D eigenvalue weighted by molar-refractivity contribution is 5.94. The predicted octanol–water partition coefficient (Wildman–Crippen LogP) is -0.117. The summed E-state index contributed by atoms with van der Waals surface area (Å²) in [5.41, 5.74) is 0.531. The summed E-state index contributed by atoms with van der Waals surface area (Å²) in [6, 6.07) is 2.51. The molecule has 0 bridgehead atoms. The Bertz CT molecular complexity index is 812. The van der Waals surface area contributed by atoms with Crippen LogP contribution in [0.2, 0.25) is 0 Å². The van der Waals surface area contributed by atoms with E-state index in [-0.39, 0.29) is 6.42 Å². The molecule has 170 valence electrons. The normalized spacial score (nSPS) is 13.2. The van der Waals surface area contributed by atoms with Gasteiger partial charge >= 0.3 is 17.9 Å². The van der Waals surface area contributed by atoms with Crippen molar-refractivity contribution in [1.82, 2.24) is 10.6 Å². The van der Waals surface area contributed by atoms with Gasteiger partial charge in [0.2, 0.25) is 11.8 Å². The molecule has 1 aromatic carbocycles. The van der Waals surface area contributed by atoms with Crippen molar-refractivity contribution in [2.45, 2.75) is 31.8 Å². The number of rotatable bonds is 10. The highest BCUT2D eigenvalue weighted by Gasteiger charge is 2.39. The Hall–Kier alpha value is -3.50. The van der Waals surface area contributed by atoms with Crippen LogP contribution in [0.3, 0.4) is 0 Å². The van der Waals surface area contributed by atoms with Crippen molar-refractivity contribution in [3.8, 4) is 0 Å². The minimum absolute atomic E-state index is 0.0283. The largest absolute Gasteiger partial charge is 0.469 e. The number of hydrogen-bond donors (Lipinski definition) is 2. The van der Waals surface area contributed by atoms with Crippen molar-refractivity contribution in [2.24, 2.45) is 5.92 Å². The highest BCUT2D eigenvalue weighted by Crippen LogP contribution is 2.15. The third-order valence-electron chi connectivity index (χ3n) is 4.32. The fourth-order valence-corrected chi connectivity index (χ4v) is 2.77. The zero-order valence-electron chi connectivity index (χ0n) is 17.6. The van der Waals surface area contributed by atoms with Crippen LogP contribution in [0.1, 0.15) is 18.9 Å². The smallest absolute Gasteiger partial charge is 0.329 e. The van der Waals surface area contributed by atoms with Crippen LogP contribution in [0.15, 0.2) is 24.3 Å². The molecule has 0 saturated heterocycles. The number of benzene rings is 1. The zero-order valence-corrected chi connectivity index (χ0v) is 17.6. The van der Waals surface area contributed by atoms with Gasteiger partial charge in [0.15, 0.2) is 0 Å². The molecule has 0 heterocycles. The molecule has 0 fully saturated rings. The first-order chi connectivity index (χ1) is 14.6. The number of halogens is 1. The van der Waals surface area contributed by atoms with Crippen molar-refractivity contribution in [3.63, 3.8) is 0 Å². The van der Waals surface area contributed by atoms with Crippen molar-refractivity contribution in [3.05, 3.63) is 35.6 Å². The summed E-state index contributed by atoms with van der Waals surface area (Å²) in [5.74, 6) is -6.03. The second-order valence-electron chi connectivity index (χ2n) is 6.50. The molecular formula is C20H25FN2O8. The molecule has 0 aromatic heterocycles. The molecular weight excluding hydrogens is 415 g/mol. The van der Waals surface area contributed by atoms with Crippen LogP contribution in [0.5, 0.6) is 0 Å². The number of carbonyl (C=O) groups is 5. The van der Waals surface area contributed by atoms with Gasteiger partial charge in [-0.2, -0.15) is 0 Å². The summed E-state index contributed by atoms with van der Waals surface area (Å²) >= 11 is 0. The molecule has 0 aliphatic carbocycles. The highest BCUT2D eigenvalue weighted by atomic mass is 19.1. The second-order valence-corrected chi connectivity index (χ2v) is 6.50. The summed E-state index contributed by atoms with van der Waals surface area (Å²) in [7, 11) is 3.19. The van der Waals surface area contributed by atoms with Gasteiger partial charge in [0, 0.05) is 13.3 Å². The molecule has 2 amide bonds. The lowest BCUT2D eigenvalue weighted by molar-refractivity contribution is -0.159. The lowest BCUT2D eigenvalue weighted by Crippen LogP contribution is -2.56. The molecule has 0 aliphatic rings. The average Bonchev–Trinajstić information content (AvgIpc) is 2.75. The minimum atomic E-state index is -1.59. The molecule has 1 rings (SSSR count). The maximum Gasteiger partial charge on any atom is 0.329 e. The molecule has 0 saturated carbocycles. The standard InChI is InChI=1S/C20H25FN2O8/c1-11(24)22-15(9-12-5-7-13(21)8-6-12)18(26)23-17(20(28)31-4)14(19(27)30-3)10-16(25)29-2/h5-8,14-15,17H,9-10H2,1-4H3,(H,22,24)(H,23,26)/t14-,15-,17-/m0/s1. The van der Waals surface area contributed by atoms with E-state index in [2.05, 4.69) is 24.8 Å². The Morgan fingerprint density at radius 1 is 0.903 bits per heavy atom. The Kier molecular flexibility index (Phi) is 10.1. The van der Waals surface area contributed by atoms with Gasteiger partial charge in [-0.3, -0.25) is 19.2 Å².